The Kier molecular flexibility index (Phi) is 5.30. The van der Waals surface area contributed by atoms with Gasteiger partial charge in [-0.2, -0.15) is 0 Å². The molecule has 0 aliphatic carbocycles. The van der Waals surface area contributed by atoms with Crippen molar-refractivity contribution in [1.82, 2.24) is 9.97 Å². The summed E-state index contributed by atoms with van der Waals surface area (Å²) in [5.41, 5.74) is 1.20. The van der Waals surface area contributed by atoms with Crippen molar-refractivity contribution in [3.05, 3.63) is 18.2 Å². The summed E-state index contributed by atoms with van der Waals surface area (Å²) in [5.74, 6) is 0. The highest BCUT2D eigenvalue weighted by atomic mass is 14.9. The first-order chi connectivity index (χ1) is 6.43. The zero-order valence-electron chi connectivity index (χ0n) is 8.55. The van der Waals surface area contributed by atoms with E-state index in [2.05, 4.69) is 16.9 Å². The van der Waals surface area contributed by atoms with Crippen LogP contribution < -0.4 is 0 Å². The van der Waals surface area contributed by atoms with E-state index in [9.17, 15) is 0 Å². The van der Waals surface area contributed by atoms with Crippen LogP contribution in [0.2, 0.25) is 0 Å². The molecular weight excluding hydrogens is 160 g/mol. The number of hydrogen-bond acceptors (Lipinski definition) is 1. The van der Waals surface area contributed by atoms with Gasteiger partial charge in [0.2, 0.25) is 0 Å². The number of aryl methyl sites for hydroxylation is 1. The molecule has 0 aliphatic rings. The predicted molar refractivity (Wildman–Crippen MR) is 55.7 cm³/mol. The fourth-order valence-corrected chi connectivity index (χ4v) is 1.51. The summed E-state index contributed by atoms with van der Waals surface area (Å²) >= 11 is 0. The third-order valence-corrected chi connectivity index (χ3v) is 2.34. The lowest BCUT2D eigenvalue weighted by molar-refractivity contribution is 0.605. The van der Waals surface area contributed by atoms with E-state index in [0.717, 1.165) is 6.42 Å². The van der Waals surface area contributed by atoms with E-state index in [4.69, 9.17) is 0 Å². The number of rotatable bonds is 7. The molecule has 0 amide bonds. The van der Waals surface area contributed by atoms with Crippen LogP contribution in [-0.2, 0) is 6.42 Å². The van der Waals surface area contributed by atoms with Crippen LogP contribution in [0.5, 0.6) is 0 Å². The minimum atomic E-state index is 1.13. The molecule has 1 heterocycles. The molecule has 1 aromatic heterocycles. The molecule has 13 heavy (non-hydrogen) atoms. The lowest BCUT2D eigenvalue weighted by atomic mass is 10.1. The SMILES string of the molecule is CCCCCCCCc1c[nH]cn1. The van der Waals surface area contributed by atoms with Gasteiger partial charge in [-0.05, 0) is 12.8 Å². The van der Waals surface area contributed by atoms with Gasteiger partial charge in [0.15, 0.2) is 0 Å². The molecule has 0 spiro atoms. The van der Waals surface area contributed by atoms with Gasteiger partial charge in [-0.3, -0.25) is 0 Å². The van der Waals surface area contributed by atoms with Crippen molar-refractivity contribution in [2.45, 2.75) is 51.9 Å². The van der Waals surface area contributed by atoms with Crippen LogP contribution in [0.4, 0.5) is 0 Å². The first-order valence-electron chi connectivity index (χ1n) is 5.41. The Labute approximate surface area is 80.8 Å². The third kappa shape index (κ3) is 4.71. The van der Waals surface area contributed by atoms with Gasteiger partial charge in [0.25, 0.3) is 0 Å². The summed E-state index contributed by atoms with van der Waals surface area (Å²) < 4.78 is 0. The second kappa shape index (κ2) is 6.70. The first kappa shape index (κ1) is 10.3. The topological polar surface area (TPSA) is 28.7 Å². The molecule has 0 aliphatic heterocycles. The van der Waals surface area contributed by atoms with Crippen molar-refractivity contribution in [3.63, 3.8) is 0 Å². The molecule has 0 fully saturated rings. The highest BCUT2D eigenvalue weighted by Gasteiger charge is 1.94. The number of H-pyrrole nitrogens is 1. The molecule has 1 rings (SSSR count). The molecule has 1 N–H and O–H groups in total. The Morgan fingerprint density at radius 3 is 2.62 bits per heavy atom. The van der Waals surface area contributed by atoms with Crippen molar-refractivity contribution < 1.29 is 0 Å². The van der Waals surface area contributed by atoms with E-state index in [0.29, 0.717) is 0 Å². The van der Waals surface area contributed by atoms with Gasteiger partial charge in [-0.25, -0.2) is 4.98 Å². The fraction of sp³-hybridized carbons (Fsp3) is 0.727. The largest absolute Gasteiger partial charge is 0.351 e. The molecule has 0 unspecified atom stereocenters. The predicted octanol–water partition coefficient (Wildman–Crippen LogP) is 3.31. The van der Waals surface area contributed by atoms with E-state index in [1.807, 2.05) is 6.20 Å². The minimum Gasteiger partial charge on any atom is -0.351 e. The normalized spacial score (nSPS) is 10.5. The maximum absolute atomic E-state index is 4.19. The summed E-state index contributed by atoms with van der Waals surface area (Å²) in [6.45, 7) is 2.25. The van der Waals surface area contributed by atoms with E-state index in [1.165, 1.54) is 44.2 Å². The van der Waals surface area contributed by atoms with Crippen molar-refractivity contribution in [1.29, 1.82) is 0 Å². The summed E-state index contributed by atoms with van der Waals surface area (Å²) in [7, 11) is 0. The van der Waals surface area contributed by atoms with Crippen LogP contribution in [0.25, 0.3) is 0 Å². The summed E-state index contributed by atoms with van der Waals surface area (Å²) in [6.07, 6.45) is 13.0. The van der Waals surface area contributed by atoms with Gasteiger partial charge in [0, 0.05) is 6.20 Å². The molecule has 0 saturated heterocycles. The summed E-state index contributed by atoms with van der Waals surface area (Å²) in [4.78, 5) is 7.17. The number of nitrogens with zero attached hydrogens (tertiary/aromatic N) is 1. The first-order valence-corrected chi connectivity index (χ1v) is 5.41. The van der Waals surface area contributed by atoms with Crippen molar-refractivity contribution in [2.24, 2.45) is 0 Å². The second-order valence-electron chi connectivity index (χ2n) is 3.58. The zero-order valence-corrected chi connectivity index (χ0v) is 8.55. The lowest BCUT2D eigenvalue weighted by Crippen LogP contribution is -1.85. The van der Waals surface area contributed by atoms with Crippen LogP contribution in [-0.4, -0.2) is 9.97 Å². The van der Waals surface area contributed by atoms with E-state index in [1.54, 1.807) is 6.33 Å². The Morgan fingerprint density at radius 2 is 1.92 bits per heavy atom. The van der Waals surface area contributed by atoms with Crippen molar-refractivity contribution in [3.8, 4) is 0 Å². The molecule has 0 saturated carbocycles. The Balaban J connectivity index is 1.90. The third-order valence-electron chi connectivity index (χ3n) is 2.34. The average molecular weight is 180 g/mol. The molecule has 0 radical (unpaired) electrons. The zero-order chi connectivity index (χ0) is 9.36. The second-order valence-corrected chi connectivity index (χ2v) is 3.58. The van der Waals surface area contributed by atoms with Gasteiger partial charge in [-0.1, -0.05) is 39.0 Å². The molecule has 0 aromatic carbocycles. The molecular formula is C11H20N2. The van der Waals surface area contributed by atoms with Crippen molar-refractivity contribution in [2.75, 3.05) is 0 Å². The molecule has 1 aromatic rings. The number of unbranched alkanes of at least 4 members (excludes halogenated alkanes) is 5. The van der Waals surface area contributed by atoms with Gasteiger partial charge in [0.1, 0.15) is 0 Å². The Hall–Kier alpha value is -0.790. The molecule has 0 bridgehead atoms. The summed E-state index contributed by atoms with van der Waals surface area (Å²) in [6, 6.07) is 0. The van der Waals surface area contributed by atoms with Crippen molar-refractivity contribution >= 4 is 0 Å². The molecule has 2 heteroatoms. The van der Waals surface area contributed by atoms with E-state index >= 15 is 0 Å². The Morgan fingerprint density at radius 1 is 1.15 bits per heavy atom. The number of nitrogens with one attached hydrogen (secondary N) is 1. The quantitative estimate of drug-likeness (QED) is 0.641. The monoisotopic (exact) mass is 180 g/mol. The van der Waals surface area contributed by atoms with E-state index < -0.39 is 0 Å². The van der Waals surface area contributed by atoms with Crippen LogP contribution >= 0.6 is 0 Å². The van der Waals surface area contributed by atoms with Gasteiger partial charge in [-0.15, -0.1) is 0 Å². The highest BCUT2D eigenvalue weighted by molar-refractivity contribution is 4.93. The van der Waals surface area contributed by atoms with Crippen LogP contribution in [0.3, 0.4) is 0 Å². The lowest BCUT2D eigenvalue weighted by Gasteiger charge is -1.98. The molecule has 0 atom stereocenters. The van der Waals surface area contributed by atoms with Crippen LogP contribution in [0.15, 0.2) is 12.5 Å². The summed E-state index contributed by atoms with van der Waals surface area (Å²) in [5, 5.41) is 0. The Bertz CT molecular complexity index is 192. The molecule has 74 valence electrons. The van der Waals surface area contributed by atoms with Gasteiger partial charge in [0.05, 0.1) is 12.0 Å². The fourth-order valence-electron chi connectivity index (χ4n) is 1.51. The van der Waals surface area contributed by atoms with E-state index in [-0.39, 0.29) is 0 Å². The number of aromatic nitrogens is 2. The van der Waals surface area contributed by atoms with Gasteiger partial charge >= 0.3 is 0 Å². The number of imidazole rings is 1. The maximum atomic E-state index is 4.19. The molecule has 2 nitrogen and oxygen atoms in total. The average Bonchev–Trinajstić information content (AvgIpc) is 2.63. The number of aromatic amines is 1. The van der Waals surface area contributed by atoms with Crippen LogP contribution in [0.1, 0.15) is 51.1 Å². The maximum Gasteiger partial charge on any atom is 0.0923 e. The van der Waals surface area contributed by atoms with Gasteiger partial charge < -0.3 is 4.98 Å². The van der Waals surface area contributed by atoms with Crippen LogP contribution in [0, 0.1) is 0 Å². The highest BCUT2D eigenvalue weighted by Crippen LogP contribution is 2.07. The smallest absolute Gasteiger partial charge is 0.0923 e. The standard InChI is InChI=1S/C11H20N2/c1-2-3-4-5-6-7-8-11-9-12-10-13-11/h9-10H,2-8H2,1H3,(H,12,13). The minimum absolute atomic E-state index is 1.13. The number of hydrogen-bond donors (Lipinski definition) is 1.